The number of rotatable bonds is 5. The minimum absolute atomic E-state index is 0.0624. The number of nitrogens with two attached hydrogens (primary N) is 1. The number of amides is 1. The summed E-state index contributed by atoms with van der Waals surface area (Å²) in [6.45, 7) is 3.68. The zero-order valence-electron chi connectivity index (χ0n) is 12.5. The molecule has 0 fully saturated rings. The first-order valence-corrected chi connectivity index (χ1v) is 7.14. The Morgan fingerprint density at radius 3 is 2.18 bits per heavy atom. The van der Waals surface area contributed by atoms with Crippen LogP contribution in [0.4, 0.5) is 14.5 Å². The molecule has 0 aliphatic carbocycles. The average Bonchev–Trinajstić information content (AvgIpc) is 2.51. The number of quaternary nitrogens is 1. The second-order valence-electron chi connectivity index (χ2n) is 5.27. The zero-order chi connectivity index (χ0) is 16.1. The predicted molar refractivity (Wildman–Crippen MR) is 81.2 cm³/mol. The van der Waals surface area contributed by atoms with Gasteiger partial charge in [-0.1, -0.05) is 36.4 Å². The maximum absolute atomic E-state index is 13.5. The topological polar surface area (TPSA) is 45.7 Å². The summed E-state index contributed by atoms with van der Waals surface area (Å²) in [5.41, 5.74) is 0.680. The number of anilines is 1. The van der Waals surface area contributed by atoms with Crippen molar-refractivity contribution in [2.75, 3.05) is 5.32 Å². The number of benzene rings is 2. The van der Waals surface area contributed by atoms with Gasteiger partial charge in [0.25, 0.3) is 5.91 Å². The lowest BCUT2D eigenvalue weighted by molar-refractivity contribution is -0.709. The fraction of sp³-hybridized carbons (Fsp3) is 0.235. The summed E-state index contributed by atoms with van der Waals surface area (Å²) in [5, 5.41) is 4.17. The molecule has 2 aromatic carbocycles. The predicted octanol–water partition coefficient (Wildman–Crippen LogP) is 2.62. The third-order valence-corrected chi connectivity index (χ3v) is 3.53. The summed E-state index contributed by atoms with van der Waals surface area (Å²) in [6, 6.07) is 12.8. The van der Waals surface area contributed by atoms with Crippen molar-refractivity contribution < 1.29 is 18.9 Å². The fourth-order valence-corrected chi connectivity index (χ4v) is 2.24. The number of hydrogen-bond acceptors (Lipinski definition) is 1. The van der Waals surface area contributed by atoms with Crippen LogP contribution in [0.5, 0.6) is 0 Å². The SMILES string of the molecule is C[C@H]([NH2+][C@H](C)C(=O)Nc1c(F)cccc1F)c1ccccc1. The Kier molecular flexibility index (Phi) is 5.22. The molecule has 0 heterocycles. The van der Waals surface area contributed by atoms with E-state index in [2.05, 4.69) is 5.32 Å². The molecule has 0 bridgehead atoms. The molecule has 5 heteroatoms. The summed E-state index contributed by atoms with van der Waals surface area (Å²) in [4.78, 5) is 12.1. The molecule has 3 nitrogen and oxygen atoms in total. The molecular weight excluding hydrogens is 286 g/mol. The highest BCUT2D eigenvalue weighted by Gasteiger charge is 2.22. The lowest BCUT2D eigenvalue weighted by atomic mass is 10.1. The maximum Gasteiger partial charge on any atom is 0.282 e. The Hall–Kier alpha value is -2.27. The van der Waals surface area contributed by atoms with Crippen molar-refractivity contribution >= 4 is 11.6 Å². The van der Waals surface area contributed by atoms with Crippen molar-refractivity contribution in [3.8, 4) is 0 Å². The van der Waals surface area contributed by atoms with Crippen molar-refractivity contribution in [3.05, 3.63) is 65.7 Å². The van der Waals surface area contributed by atoms with E-state index < -0.39 is 29.3 Å². The van der Waals surface area contributed by atoms with Crippen molar-refractivity contribution in [2.45, 2.75) is 25.9 Å². The molecule has 116 valence electrons. The summed E-state index contributed by atoms with van der Waals surface area (Å²) in [7, 11) is 0. The van der Waals surface area contributed by atoms with E-state index in [0.29, 0.717) is 0 Å². The Bertz CT molecular complexity index is 626. The van der Waals surface area contributed by atoms with Crippen LogP contribution in [-0.4, -0.2) is 11.9 Å². The van der Waals surface area contributed by atoms with Gasteiger partial charge >= 0.3 is 0 Å². The van der Waals surface area contributed by atoms with E-state index in [1.54, 1.807) is 6.92 Å². The normalized spacial score (nSPS) is 13.5. The molecule has 2 rings (SSSR count). The van der Waals surface area contributed by atoms with Gasteiger partial charge in [-0.25, -0.2) is 8.78 Å². The summed E-state index contributed by atoms with van der Waals surface area (Å²) in [5.74, 6) is -2.00. The highest BCUT2D eigenvalue weighted by molar-refractivity contribution is 5.93. The molecule has 2 aromatic rings. The molecule has 1 amide bonds. The van der Waals surface area contributed by atoms with Crippen LogP contribution >= 0.6 is 0 Å². The number of halogens is 2. The van der Waals surface area contributed by atoms with E-state index in [-0.39, 0.29) is 6.04 Å². The summed E-state index contributed by atoms with van der Waals surface area (Å²) < 4.78 is 27.1. The van der Waals surface area contributed by atoms with E-state index in [9.17, 15) is 13.6 Å². The second kappa shape index (κ2) is 7.13. The molecule has 0 saturated heterocycles. The van der Waals surface area contributed by atoms with Crippen molar-refractivity contribution in [3.63, 3.8) is 0 Å². The first kappa shape index (κ1) is 16.1. The monoisotopic (exact) mass is 305 g/mol. The molecule has 0 radical (unpaired) electrons. The minimum Gasteiger partial charge on any atom is -0.330 e. The van der Waals surface area contributed by atoms with Gasteiger partial charge in [0.05, 0.1) is 0 Å². The minimum atomic E-state index is -0.781. The Labute approximate surface area is 128 Å². The number of hydrogen-bond donors (Lipinski definition) is 2. The Morgan fingerprint density at radius 2 is 1.59 bits per heavy atom. The molecule has 0 unspecified atom stereocenters. The van der Waals surface area contributed by atoms with Gasteiger partial charge in [0.2, 0.25) is 0 Å². The lowest BCUT2D eigenvalue weighted by Crippen LogP contribution is -2.91. The molecule has 2 atom stereocenters. The molecule has 22 heavy (non-hydrogen) atoms. The van der Waals surface area contributed by atoms with Crippen LogP contribution in [0.15, 0.2) is 48.5 Å². The Balaban J connectivity index is 2.01. The van der Waals surface area contributed by atoms with Crippen molar-refractivity contribution in [1.29, 1.82) is 0 Å². The second-order valence-corrected chi connectivity index (χ2v) is 5.27. The van der Waals surface area contributed by atoms with E-state index in [4.69, 9.17) is 0 Å². The highest BCUT2D eigenvalue weighted by atomic mass is 19.1. The van der Waals surface area contributed by atoms with Gasteiger partial charge in [-0.2, -0.15) is 0 Å². The summed E-state index contributed by atoms with van der Waals surface area (Å²) in [6.07, 6.45) is 0. The molecule has 3 N–H and O–H groups in total. The molecule has 0 aliphatic rings. The van der Waals surface area contributed by atoms with Crippen LogP contribution in [0, 0.1) is 11.6 Å². The average molecular weight is 305 g/mol. The maximum atomic E-state index is 13.5. The van der Waals surface area contributed by atoms with E-state index in [1.807, 2.05) is 42.6 Å². The van der Waals surface area contributed by atoms with Gasteiger partial charge in [0, 0.05) is 5.56 Å². The van der Waals surface area contributed by atoms with E-state index in [0.717, 1.165) is 17.7 Å². The van der Waals surface area contributed by atoms with Crippen LogP contribution < -0.4 is 10.6 Å². The fourth-order valence-electron chi connectivity index (χ4n) is 2.24. The quantitative estimate of drug-likeness (QED) is 0.876. The van der Waals surface area contributed by atoms with Gasteiger partial charge in [-0.3, -0.25) is 4.79 Å². The van der Waals surface area contributed by atoms with Crippen LogP contribution in [0.25, 0.3) is 0 Å². The van der Waals surface area contributed by atoms with Gasteiger partial charge in [-0.05, 0) is 26.0 Å². The van der Waals surface area contributed by atoms with Crippen LogP contribution in [0.3, 0.4) is 0 Å². The first-order valence-electron chi connectivity index (χ1n) is 7.14. The van der Waals surface area contributed by atoms with Crippen LogP contribution in [0.1, 0.15) is 25.5 Å². The highest BCUT2D eigenvalue weighted by Crippen LogP contribution is 2.18. The molecule has 0 aromatic heterocycles. The summed E-state index contributed by atoms with van der Waals surface area (Å²) >= 11 is 0. The van der Waals surface area contributed by atoms with Gasteiger partial charge in [-0.15, -0.1) is 0 Å². The first-order chi connectivity index (χ1) is 10.5. The number of carbonyl (C=O) groups is 1. The third-order valence-electron chi connectivity index (χ3n) is 3.53. The molecule has 0 saturated carbocycles. The Morgan fingerprint density at radius 1 is 1.00 bits per heavy atom. The van der Waals surface area contributed by atoms with Crippen molar-refractivity contribution in [1.82, 2.24) is 0 Å². The third kappa shape index (κ3) is 3.89. The van der Waals surface area contributed by atoms with E-state index >= 15 is 0 Å². The molecular formula is C17H19F2N2O+. The largest absolute Gasteiger partial charge is 0.330 e. The smallest absolute Gasteiger partial charge is 0.282 e. The van der Waals surface area contributed by atoms with Crippen LogP contribution in [-0.2, 0) is 4.79 Å². The van der Waals surface area contributed by atoms with Gasteiger partial charge in [0.15, 0.2) is 6.04 Å². The van der Waals surface area contributed by atoms with Gasteiger partial charge < -0.3 is 10.6 Å². The molecule has 0 spiro atoms. The molecule has 0 aliphatic heterocycles. The standard InChI is InChI=1S/C17H18F2N2O/c1-11(13-7-4-3-5-8-13)20-12(2)17(22)21-16-14(18)9-6-10-15(16)19/h3-12,20H,1-2H3,(H,21,22)/p+1/t11-,12+/m0/s1. The van der Waals surface area contributed by atoms with Gasteiger partial charge in [0.1, 0.15) is 23.4 Å². The number of nitrogens with one attached hydrogen (secondary N) is 1. The number of carbonyl (C=O) groups excluding carboxylic acids is 1. The zero-order valence-corrected chi connectivity index (χ0v) is 12.5. The lowest BCUT2D eigenvalue weighted by Gasteiger charge is -2.17. The van der Waals surface area contributed by atoms with Crippen LogP contribution in [0.2, 0.25) is 0 Å². The van der Waals surface area contributed by atoms with E-state index in [1.165, 1.54) is 6.07 Å². The number of para-hydroxylation sites is 1. The van der Waals surface area contributed by atoms with Crippen molar-refractivity contribution in [2.24, 2.45) is 0 Å².